The van der Waals surface area contributed by atoms with Gasteiger partial charge in [0.05, 0.1) is 13.0 Å². The molecule has 1 unspecified atom stereocenters. The highest BCUT2D eigenvalue weighted by Gasteiger charge is 2.10. The van der Waals surface area contributed by atoms with E-state index < -0.39 is 5.97 Å². The fourth-order valence-electron chi connectivity index (χ4n) is 1.63. The van der Waals surface area contributed by atoms with Gasteiger partial charge in [-0.25, -0.2) is 0 Å². The van der Waals surface area contributed by atoms with E-state index in [0.717, 1.165) is 11.3 Å². The summed E-state index contributed by atoms with van der Waals surface area (Å²) < 4.78 is 5.53. The third kappa shape index (κ3) is 4.44. The molecule has 94 valence electrons. The zero-order valence-corrected chi connectivity index (χ0v) is 10.3. The van der Waals surface area contributed by atoms with Crippen molar-refractivity contribution in [3.63, 3.8) is 0 Å². The predicted octanol–water partition coefficient (Wildman–Crippen LogP) is 2.21. The fourth-order valence-corrected chi connectivity index (χ4v) is 1.63. The van der Waals surface area contributed by atoms with E-state index in [0.29, 0.717) is 13.2 Å². The van der Waals surface area contributed by atoms with E-state index in [9.17, 15) is 4.79 Å². The Morgan fingerprint density at radius 3 is 2.82 bits per heavy atom. The zero-order valence-electron chi connectivity index (χ0n) is 10.3. The van der Waals surface area contributed by atoms with Gasteiger partial charge in [-0.05, 0) is 19.9 Å². The van der Waals surface area contributed by atoms with Crippen LogP contribution in [0.5, 0.6) is 5.75 Å². The van der Waals surface area contributed by atoms with E-state index in [1.54, 1.807) is 0 Å². The van der Waals surface area contributed by atoms with Crippen molar-refractivity contribution in [1.29, 1.82) is 0 Å². The summed E-state index contributed by atoms with van der Waals surface area (Å²) in [6, 6.07) is 7.88. The van der Waals surface area contributed by atoms with Gasteiger partial charge in [-0.3, -0.25) is 4.79 Å². The molecule has 1 aromatic carbocycles. The van der Waals surface area contributed by atoms with E-state index in [-0.39, 0.29) is 12.5 Å². The second kappa shape index (κ2) is 6.91. The van der Waals surface area contributed by atoms with Gasteiger partial charge in [0.2, 0.25) is 0 Å². The largest absolute Gasteiger partial charge is 0.494 e. The Hall–Kier alpha value is -1.55. The lowest BCUT2D eigenvalue weighted by Gasteiger charge is -2.17. The highest BCUT2D eigenvalue weighted by molar-refractivity contribution is 5.66. The molecule has 0 aliphatic rings. The topological polar surface area (TPSA) is 58.6 Å². The molecule has 1 aromatic rings. The summed E-state index contributed by atoms with van der Waals surface area (Å²) in [6.45, 7) is 5.02. The van der Waals surface area contributed by atoms with Gasteiger partial charge in [-0.2, -0.15) is 0 Å². The van der Waals surface area contributed by atoms with Crippen molar-refractivity contribution in [2.45, 2.75) is 26.3 Å². The number of rotatable bonds is 7. The Kier molecular flexibility index (Phi) is 5.49. The molecule has 4 heteroatoms. The minimum atomic E-state index is -0.789. The van der Waals surface area contributed by atoms with Crippen LogP contribution in [0.15, 0.2) is 24.3 Å². The smallest absolute Gasteiger partial charge is 0.304 e. The lowest BCUT2D eigenvalue weighted by molar-refractivity contribution is -0.136. The number of hydrogen-bond acceptors (Lipinski definition) is 3. The molecule has 0 aliphatic carbocycles. The van der Waals surface area contributed by atoms with Crippen LogP contribution in [0.4, 0.5) is 0 Å². The zero-order chi connectivity index (χ0) is 12.7. The van der Waals surface area contributed by atoms with Crippen molar-refractivity contribution >= 4 is 5.97 Å². The second-order valence-electron chi connectivity index (χ2n) is 3.79. The number of carboxylic acid groups (broad SMARTS) is 1. The standard InChI is InChI=1S/C13H19NO3/c1-3-17-12-7-5-4-6-11(12)10(2)14-9-8-13(15)16/h4-7,10,14H,3,8-9H2,1-2H3,(H,15,16). The molecule has 0 spiro atoms. The van der Waals surface area contributed by atoms with Crippen LogP contribution in [0, 0.1) is 0 Å². The van der Waals surface area contributed by atoms with E-state index in [2.05, 4.69) is 5.32 Å². The molecule has 0 saturated heterocycles. The van der Waals surface area contributed by atoms with Crippen LogP contribution in [0.2, 0.25) is 0 Å². The van der Waals surface area contributed by atoms with Crippen LogP contribution in [0.1, 0.15) is 31.9 Å². The first kappa shape index (κ1) is 13.5. The minimum Gasteiger partial charge on any atom is -0.494 e. The number of hydrogen-bond donors (Lipinski definition) is 2. The average Bonchev–Trinajstić information content (AvgIpc) is 2.29. The molecule has 17 heavy (non-hydrogen) atoms. The minimum absolute atomic E-state index is 0.0806. The van der Waals surface area contributed by atoms with Crippen molar-refractivity contribution in [2.24, 2.45) is 0 Å². The maximum Gasteiger partial charge on any atom is 0.304 e. The number of ether oxygens (including phenoxy) is 1. The normalized spacial score (nSPS) is 12.1. The Morgan fingerprint density at radius 2 is 2.18 bits per heavy atom. The van der Waals surface area contributed by atoms with Gasteiger partial charge in [0.15, 0.2) is 0 Å². The molecular formula is C13H19NO3. The number of aliphatic carboxylic acids is 1. The number of para-hydroxylation sites is 1. The lowest BCUT2D eigenvalue weighted by Crippen LogP contribution is -2.22. The van der Waals surface area contributed by atoms with Crippen molar-refractivity contribution in [1.82, 2.24) is 5.32 Å². The molecule has 0 fully saturated rings. The second-order valence-corrected chi connectivity index (χ2v) is 3.79. The quantitative estimate of drug-likeness (QED) is 0.763. The molecule has 0 heterocycles. The molecule has 1 atom stereocenters. The van der Waals surface area contributed by atoms with Crippen LogP contribution in [-0.4, -0.2) is 24.2 Å². The number of benzene rings is 1. The van der Waals surface area contributed by atoms with Crippen LogP contribution in [0.25, 0.3) is 0 Å². The molecular weight excluding hydrogens is 218 g/mol. The summed E-state index contributed by atoms with van der Waals surface area (Å²) in [5, 5.41) is 11.7. The van der Waals surface area contributed by atoms with E-state index in [1.807, 2.05) is 38.1 Å². The van der Waals surface area contributed by atoms with Crippen LogP contribution >= 0.6 is 0 Å². The number of carboxylic acids is 1. The Morgan fingerprint density at radius 1 is 1.47 bits per heavy atom. The van der Waals surface area contributed by atoms with Crippen molar-refractivity contribution in [3.8, 4) is 5.75 Å². The Labute approximate surface area is 102 Å². The van der Waals surface area contributed by atoms with Gasteiger partial charge in [-0.15, -0.1) is 0 Å². The highest BCUT2D eigenvalue weighted by atomic mass is 16.5. The van der Waals surface area contributed by atoms with E-state index >= 15 is 0 Å². The third-order valence-corrected chi connectivity index (χ3v) is 2.47. The molecule has 0 saturated carbocycles. The highest BCUT2D eigenvalue weighted by Crippen LogP contribution is 2.24. The lowest BCUT2D eigenvalue weighted by atomic mass is 10.1. The first-order chi connectivity index (χ1) is 8.15. The Bertz CT molecular complexity index is 365. The maximum atomic E-state index is 10.4. The molecule has 0 amide bonds. The van der Waals surface area contributed by atoms with Gasteiger partial charge in [-0.1, -0.05) is 18.2 Å². The van der Waals surface area contributed by atoms with Crippen LogP contribution < -0.4 is 10.1 Å². The summed E-state index contributed by atoms with van der Waals surface area (Å²) in [5.74, 6) is 0.0631. The first-order valence-corrected chi connectivity index (χ1v) is 5.82. The Balaban J connectivity index is 2.60. The van der Waals surface area contributed by atoms with Crippen LogP contribution in [0.3, 0.4) is 0 Å². The molecule has 4 nitrogen and oxygen atoms in total. The van der Waals surface area contributed by atoms with Gasteiger partial charge in [0.25, 0.3) is 0 Å². The van der Waals surface area contributed by atoms with Gasteiger partial charge in [0.1, 0.15) is 5.75 Å². The average molecular weight is 237 g/mol. The van der Waals surface area contributed by atoms with Crippen LogP contribution in [-0.2, 0) is 4.79 Å². The molecule has 1 rings (SSSR count). The van der Waals surface area contributed by atoms with Gasteiger partial charge in [0, 0.05) is 18.2 Å². The van der Waals surface area contributed by atoms with E-state index in [4.69, 9.17) is 9.84 Å². The van der Waals surface area contributed by atoms with Crippen molar-refractivity contribution in [2.75, 3.05) is 13.2 Å². The van der Waals surface area contributed by atoms with E-state index in [1.165, 1.54) is 0 Å². The van der Waals surface area contributed by atoms with Crippen molar-refractivity contribution < 1.29 is 14.6 Å². The number of nitrogens with one attached hydrogen (secondary N) is 1. The van der Waals surface area contributed by atoms with Gasteiger partial charge >= 0.3 is 5.97 Å². The predicted molar refractivity (Wildman–Crippen MR) is 66.3 cm³/mol. The first-order valence-electron chi connectivity index (χ1n) is 5.82. The monoisotopic (exact) mass is 237 g/mol. The molecule has 0 aliphatic heterocycles. The van der Waals surface area contributed by atoms with Gasteiger partial charge < -0.3 is 15.2 Å². The third-order valence-electron chi connectivity index (χ3n) is 2.47. The molecule has 2 N–H and O–H groups in total. The summed E-state index contributed by atoms with van der Waals surface area (Å²) in [5.41, 5.74) is 1.06. The summed E-state index contributed by atoms with van der Waals surface area (Å²) in [6.07, 6.45) is 0.126. The SMILES string of the molecule is CCOc1ccccc1C(C)NCCC(=O)O. The van der Waals surface area contributed by atoms with Crippen molar-refractivity contribution in [3.05, 3.63) is 29.8 Å². The number of carbonyl (C=O) groups is 1. The summed E-state index contributed by atoms with van der Waals surface area (Å²) in [4.78, 5) is 10.4. The summed E-state index contributed by atoms with van der Waals surface area (Å²) in [7, 11) is 0. The molecule has 0 bridgehead atoms. The summed E-state index contributed by atoms with van der Waals surface area (Å²) >= 11 is 0. The molecule has 0 aromatic heterocycles. The molecule has 0 radical (unpaired) electrons. The maximum absolute atomic E-state index is 10.4. The fraction of sp³-hybridized carbons (Fsp3) is 0.462.